The Morgan fingerprint density at radius 2 is 2.14 bits per heavy atom. The molecule has 1 heterocycles. The second-order valence-corrected chi connectivity index (χ2v) is 3.75. The summed E-state index contributed by atoms with van der Waals surface area (Å²) in [5.74, 6) is -0.868. The maximum atomic E-state index is 11.4. The van der Waals surface area contributed by atoms with Crippen molar-refractivity contribution in [3.05, 3.63) is 0 Å². The molecule has 80 valence electrons. The number of rotatable bonds is 3. The normalized spacial score (nSPS) is 22.3. The average molecular weight is 200 g/mol. The van der Waals surface area contributed by atoms with Gasteiger partial charge in [0.25, 0.3) is 0 Å². The molecule has 5 nitrogen and oxygen atoms in total. The average Bonchev–Trinajstić information content (AvgIpc) is 2.52. The highest BCUT2D eigenvalue weighted by Gasteiger charge is 2.31. The maximum absolute atomic E-state index is 11.4. The van der Waals surface area contributed by atoms with Crippen LogP contribution in [0.2, 0.25) is 0 Å². The number of amides is 1. The van der Waals surface area contributed by atoms with E-state index in [0.29, 0.717) is 13.0 Å². The molecule has 0 bridgehead atoms. The quantitative estimate of drug-likeness (QED) is 0.675. The molecule has 1 unspecified atom stereocenters. The molecule has 0 aromatic rings. The zero-order valence-electron chi connectivity index (χ0n) is 8.56. The van der Waals surface area contributed by atoms with Gasteiger partial charge in [-0.3, -0.25) is 14.5 Å². The number of nitrogens with zero attached hydrogens (tertiary/aromatic N) is 2. The first-order valence-electron chi connectivity index (χ1n) is 4.69. The van der Waals surface area contributed by atoms with Crippen LogP contribution in [0.4, 0.5) is 0 Å². The summed E-state index contributed by atoms with van der Waals surface area (Å²) in [6.45, 7) is 0.917. The molecule has 0 spiro atoms. The lowest BCUT2D eigenvalue weighted by molar-refractivity contribution is -0.143. The van der Waals surface area contributed by atoms with E-state index in [4.69, 9.17) is 5.11 Å². The van der Waals surface area contributed by atoms with Crippen molar-refractivity contribution in [1.82, 2.24) is 9.80 Å². The fraction of sp³-hybridized carbons (Fsp3) is 0.778. The number of carbonyl (C=O) groups excluding carboxylic acids is 1. The van der Waals surface area contributed by atoms with Crippen LogP contribution < -0.4 is 0 Å². The number of carboxylic acids is 1. The van der Waals surface area contributed by atoms with Crippen LogP contribution in [0.3, 0.4) is 0 Å². The van der Waals surface area contributed by atoms with Crippen LogP contribution in [0.1, 0.15) is 12.8 Å². The lowest BCUT2D eigenvalue weighted by Crippen LogP contribution is -2.42. The standard InChI is InChI=1S/C9H16N2O3/c1-10(2)8(12)6-11-5-3-4-7(11)9(13)14/h7H,3-6H2,1-2H3,(H,13,14). The number of carboxylic acid groups (broad SMARTS) is 1. The SMILES string of the molecule is CN(C)C(=O)CN1CCCC1C(=O)O. The molecular weight excluding hydrogens is 184 g/mol. The highest BCUT2D eigenvalue weighted by atomic mass is 16.4. The van der Waals surface area contributed by atoms with Gasteiger partial charge in [0.15, 0.2) is 0 Å². The topological polar surface area (TPSA) is 60.9 Å². The monoisotopic (exact) mass is 200 g/mol. The van der Waals surface area contributed by atoms with Gasteiger partial charge in [0.1, 0.15) is 6.04 Å². The van der Waals surface area contributed by atoms with Crippen molar-refractivity contribution in [2.45, 2.75) is 18.9 Å². The molecule has 1 saturated heterocycles. The van der Waals surface area contributed by atoms with Crippen LogP contribution in [-0.2, 0) is 9.59 Å². The van der Waals surface area contributed by atoms with E-state index in [0.717, 1.165) is 6.42 Å². The lowest BCUT2D eigenvalue weighted by Gasteiger charge is -2.22. The van der Waals surface area contributed by atoms with Crippen molar-refractivity contribution in [2.24, 2.45) is 0 Å². The third kappa shape index (κ3) is 2.45. The number of carbonyl (C=O) groups is 2. The van der Waals surface area contributed by atoms with Crippen LogP contribution in [0.25, 0.3) is 0 Å². The fourth-order valence-electron chi connectivity index (χ4n) is 1.61. The summed E-state index contributed by atoms with van der Waals surface area (Å²) in [6.07, 6.45) is 1.51. The van der Waals surface area contributed by atoms with Crippen LogP contribution >= 0.6 is 0 Å². The summed E-state index contributed by atoms with van der Waals surface area (Å²) in [5.41, 5.74) is 0. The molecule has 1 N–H and O–H groups in total. The Morgan fingerprint density at radius 3 is 2.64 bits per heavy atom. The minimum absolute atomic E-state index is 0.0434. The van der Waals surface area contributed by atoms with E-state index in [1.54, 1.807) is 19.0 Å². The lowest BCUT2D eigenvalue weighted by atomic mass is 10.2. The fourth-order valence-corrected chi connectivity index (χ4v) is 1.61. The van der Waals surface area contributed by atoms with Crippen LogP contribution in [0, 0.1) is 0 Å². The second kappa shape index (κ2) is 4.41. The Morgan fingerprint density at radius 1 is 1.50 bits per heavy atom. The minimum atomic E-state index is -0.825. The third-order valence-electron chi connectivity index (χ3n) is 2.49. The van der Waals surface area contributed by atoms with Gasteiger partial charge in [0.05, 0.1) is 6.54 Å². The number of likely N-dealkylation sites (N-methyl/N-ethyl adjacent to an activating group) is 1. The molecule has 14 heavy (non-hydrogen) atoms. The van der Waals surface area contributed by atoms with E-state index >= 15 is 0 Å². The Bertz CT molecular complexity index is 240. The Kier molecular flexibility index (Phi) is 3.46. The summed E-state index contributed by atoms with van der Waals surface area (Å²) < 4.78 is 0. The Hall–Kier alpha value is -1.10. The van der Waals surface area contributed by atoms with Gasteiger partial charge < -0.3 is 10.0 Å². The van der Waals surface area contributed by atoms with Gasteiger partial charge in [0, 0.05) is 14.1 Å². The molecule has 1 fully saturated rings. The number of hydrogen-bond acceptors (Lipinski definition) is 3. The predicted octanol–water partition coefficient (Wildman–Crippen LogP) is -0.376. The van der Waals surface area contributed by atoms with E-state index in [1.807, 2.05) is 0 Å². The zero-order chi connectivity index (χ0) is 10.7. The molecule has 1 aliphatic rings. The number of likely N-dealkylation sites (tertiary alicyclic amines) is 1. The van der Waals surface area contributed by atoms with Crippen LogP contribution in [0.15, 0.2) is 0 Å². The Balaban J connectivity index is 2.51. The van der Waals surface area contributed by atoms with Gasteiger partial charge in [0.2, 0.25) is 5.91 Å². The first-order chi connectivity index (χ1) is 6.52. The third-order valence-corrected chi connectivity index (χ3v) is 2.49. The van der Waals surface area contributed by atoms with Gasteiger partial charge in [-0.25, -0.2) is 0 Å². The van der Waals surface area contributed by atoms with Gasteiger partial charge in [-0.2, -0.15) is 0 Å². The highest BCUT2D eigenvalue weighted by molar-refractivity contribution is 5.79. The van der Waals surface area contributed by atoms with E-state index in [2.05, 4.69) is 0 Å². The van der Waals surface area contributed by atoms with E-state index in [9.17, 15) is 9.59 Å². The predicted molar refractivity (Wildman–Crippen MR) is 50.9 cm³/mol. The van der Waals surface area contributed by atoms with Gasteiger partial charge in [-0.05, 0) is 19.4 Å². The van der Waals surface area contributed by atoms with E-state index in [1.165, 1.54) is 4.90 Å². The van der Waals surface area contributed by atoms with Gasteiger partial charge in [-0.1, -0.05) is 0 Å². The summed E-state index contributed by atoms with van der Waals surface area (Å²) >= 11 is 0. The van der Waals surface area contributed by atoms with Crippen molar-refractivity contribution in [3.63, 3.8) is 0 Å². The summed E-state index contributed by atoms with van der Waals surface area (Å²) in [5, 5.41) is 8.87. The maximum Gasteiger partial charge on any atom is 0.320 e. The second-order valence-electron chi connectivity index (χ2n) is 3.75. The van der Waals surface area contributed by atoms with E-state index in [-0.39, 0.29) is 12.5 Å². The minimum Gasteiger partial charge on any atom is -0.480 e. The number of aliphatic carboxylic acids is 1. The molecule has 0 aliphatic carbocycles. The first-order valence-corrected chi connectivity index (χ1v) is 4.69. The summed E-state index contributed by atoms with van der Waals surface area (Å²) in [4.78, 5) is 25.4. The molecule has 1 rings (SSSR count). The van der Waals surface area contributed by atoms with E-state index < -0.39 is 12.0 Å². The molecule has 1 atom stereocenters. The molecule has 5 heteroatoms. The van der Waals surface area contributed by atoms with Crippen LogP contribution in [0.5, 0.6) is 0 Å². The van der Waals surface area contributed by atoms with Crippen molar-refractivity contribution >= 4 is 11.9 Å². The molecule has 1 amide bonds. The molecular formula is C9H16N2O3. The highest BCUT2D eigenvalue weighted by Crippen LogP contribution is 2.16. The van der Waals surface area contributed by atoms with Crippen molar-refractivity contribution < 1.29 is 14.7 Å². The molecule has 0 radical (unpaired) electrons. The summed E-state index contributed by atoms with van der Waals surface area (Å²) in [7, 11) is 3.35. The van der Waals surface area contributed by atoms with Crippen molar-refractivity contribution in [1.29, 1.82) is 0 Å². The van der Waals surface area contributed by atoms with Crippen molar-refractivity contribution in [3.8, 4) is 0 Å². The van der Waals surface area contributed by atoms with Gasteiger partial charge >= 0.3 is 5.97 Å². The molecule has 0 aromatic carbocycles. The summed E-state index contributed by atoms with van der Waals surface area (Å²) in [6, 6.07) is -0.473. The molecule has 0 aromatic heterocycles. The zero-order valence-corrected chi connectivity index (χ0v) is 8.56. The smallest absolute Gasteiger partial charge is 0.320 e. The first kappa shape index (κ1) is 11.0. The molecule has 0 saturated carbocycles. The Labute approximate surface area is 83.3 Å². The van der Waals surface area contributed by atoms with Crippen LogP contribution in [-0.4, -0.2) is 60.0 Å². The molecule has 1 aliphatic heterocycles. The van der Waals surface area contributed by atoms with Gasteiger partial charge in [-0.15, -0.1) is 0 Å². The van der Waals surface area contributed by atoms with Crippen molar-refractivity contribution in [2.75, 3.05) is 27.2 Å². The largest absolute Gasteiger partial charge is 0.480 e. The number of hydrogen-bond donors (Lipinski definition) is 1.